The summed E-state index contributed by atoms with van der Waals surface area (Å²) in [7, 11) is 0. The number of carboxylic acid groups (broad SMARTS) is 2. The van der Waals surface area contributed by atoms with E-state index in [1.54, 1.807) is 6.92 Å². The van der Waals surface area contributed by atoms with Gasteiger partial charge in [0.1, 0.15) is 12.6 Å². The van der Waals surface area contributed by atoms with Crippen LogP contribution < -0.4 is 10.6 Å². The zero-order valence-corrected chi connectivity index (χ0v) is 13.5. The normalized spacial score (nSPS) is 15.9. The summed E-state index contributed by atoms with van der Waals surface area (Å²) in [5.74, 6) is -1.60. The average Bonchev–Trinajstić information content (AvgIpc) is 2.55. The molecule has 0 aliphatic heterocycles. The van der Waals surface area contributed by atoms with Crippen molar-refractivity contribution < 1.29 is 19.8 Å². The van der Waals surface area contributed by atoms with Gasteiger partial charge < -0.3 is 20.8 Å². The molecule has 1 atom stereocenters. The lowest BCUT2D eigenvalue weighted by molar-refractivity contribution is -0.139. The maximum absolute atomic E-state index is 10.5. The predicted octanol–water partition coefficient (Wildman–Crippen LogP) is 2.56. The van der Waals surface area contributed by atoms with Gasteiger partial charge in [-0.2, -0.15) is 0 Å². The number of nitrogens with one attached hydrogen (secondary N) is 2. The molecular weight excluding hydrogens is 296 g/mol. The highest BCUT2D eigenvalue weighted by Gasteiger charge is 2.18. The van der Waals surface area contributed by atoms with Crippen LogP contribution in [0.15, 0.2) is 30.3 Å². The lowest BCUT2D eigenvalue weighted by Gasteiger charge is -2.24. The number of carboxylic acids is 2. The third-order valence-electron chi connectivity index (χ3n) is 3.68. The lowest BCUT2D eigenvalue weighted by Crippen LogP contribution is -2.42. The Bertz CT molecular complexity index is 473. The van der Waals surface area contributed by atoms with Gasteiger partial charge in [0.05, 0.1) is 0 Å². The van der Waals surface area contributed by atoms with Crippen LogP contribution in [0.1, 0.15) is 39.0 Å². The molecule has 6 heteroatoms. The summed E-state index contributed by atoms with van der Waals surface area (Å²) in [4.78, 5) is 20.6. The number of benzene rings is 1. The second-order valence-corrected chi connectivity index (χ2v) is 5.67. The molecule has 0 bridgehead atoms. The van der Waals surface area contributed by atoms with E-state index < -0.39 is 18.0 Å². The first kappa shape index (κ1) is 19.0. The number of aliphatic carboxylic acids is 2. The molecule has 1 fully saturated rings. The molecule has 1 aliphatic carbocycles. The second-order valence-electron chi connectivity index (χ2n) is 5.67. The predicted molar refractivity (Wildman–Crippen MR) is 89.7 cm³/mol. The van der Waals surface area contributed by atoms with E-state index in [-0.39, 0.29) is 6.54 Å². The van der Waals surface area contributed by atoms with E-state index in [9.17, 15) is 9.59 Å². The molecule has 1 aliphatic rings. The van der Waals surface area contributed by atoms with Crippen molar-refractivity contribution in [2.75, 3.05) is 11.9 Å². The largest absolute Gasteiger partial charge is 0.480 e. The number of carbonyl (C=O) groups is 2. The van der Waals surface area contributed by atoms with Crippen LogP contribution in [0.5, 0.6) is 0 Å². The van der Waals surface area contributed by atoms with Crippen molar-refractivity contribution in [1.29, 1.82) is 0 Å². The van der Waals surface area contributed by atoms with E-state index >= 15 is 0 Å². The van der Waals surface area contributed by atoms with E-state index in [1.165, 1.54) is 19.3 Å². The van der Waals surface area contributed by atoms with Crippen LogP contribution >= 0.6 is 0 Å². The van der Waals surface area contributed by atoms with Gasteiger partial charge in [0.2, 0.25) is 0 Å². The molecule has 4 N–H and O–H groups in total. The Labute approximate surface area is 136 Å². The highest BCUT2D eigenvalue weighted by atomic mass is 16.4. The summed E-state index contributed by atoms with van der Waals surface area (Å²) in [5, 5.41) is 22.8. The Morgan fingerprint density at radius 1 is 1.13 bits per heavy atom. The van der Waals surface area contributed by atoms with Crippen LogP contribution in [0.25, 0.3) is 0 Å². The smallest absolute Gasteiger partial charge is 0.322 e. The maximum Gasteiger partial charge on any atom is 0.322 e. The van der Waals surface area contributed by atoms with Gasteiger partial charge in [-0.05, 0) is 31.9 Å². The molecule has 128 valence electrons. The first-order valence-electron chi connectivity index (χ1n) is 7.98. The van der Waals surface area contributed by atoms with E-state index in [0.29, 0.717) is 6.04 Å². The van der Waals surface area contributed by atoms with E-state index in [2.05, 4.69) is 10.6 Å². The van der Waals surface area contributed by atoms with Crippen LogP contribution in [0, 0.1) is 0 Å². The quantitative estimate of drug-likeness (QED) is 0.642. The summed E-state index contributed by atoms with van der Waals surface area (Å²) >= 11 is 0. The number of para-hydroxylation sites is 1. The molecule has 1 saturated carbocycles. The molecule has 0 amide bonds. The van der Waals surface area contributed by atoms with Crippen molar-refractivity contribution in [3.63, 3.8) is 0 Å². The minimum absolute atomic E-state index is 0.0377. The molecule has 0 spiro atoms. The molecule has 1 aromatic carbocycles. The number of anilines is 1. The molecule has 0 aromatic heterocycles. The standard InChI is InChI=1S/C9H17NO2.C8H9NO2/c1-7(9(11)12)10-8-5-3-2-4-6-8;10-8(11)6-9-7-4-2-1-3-5-7/h7-8,10H,2-6H2,1H3,(H,11,12);1-5,9H,6H2,(H,10,11). The summed E-state index contributed by atoms with van der Waals surface area (Å²) in [5.41, 5.74) is 0.829. The monoisotopic (exact) mass is 322 g/mol. The molecule has 0 saturated heterocycles. The van der Waals surface area contributed by atoms with E-state index in [4.69, 9.17) is 10.2 Å². The third kappa shape index (κ3) is 8.83. The zero-order valence-electron chi connectivity index (χ0n) is 13.5. The summed E-state index contributed by atoms with van der Waals surface area (Å²) in [6.07, 6.45) is 6.06. The Morgan fingerprint density at radius 3 is 2.26 bits per heavy atom. The van der Waals surface area contributed by atoms with Crippen LogP contribution in [-0.2, 0) is 9.59 Å². The zero-order chi connectivity index (χ0) is 17.1. The van der Waals surface area contributed by atoms with Gasteiger partial charge in [-0.3, -0.25) is 9.59 Å². The van der Waals surface area contributed by atoms with E-state index in [0.717, 1.165) is 18.5 Å². The van der Waals surface area contributed by atoms with Crippen molar-refractivity contribution >= 4 is 17.6 Å². The molecule has 6 nitrogen and oxygen atoms in total. The number of rotatable bonds is 6. The van der Waals surface area contributed by atoms with Crippen LogP contribution in [0.3, 0.4) is 0 Å². The van der Waals surface area contributed by atoms with Gasteiger partial charge >= 0.3 is 11.9 Å². The van der Waals surface area contributed by atoms with Crippen LogP contribution in [0.2, 0.25) is 0 Å². The molecule has 0 heterocycles. The first-order valence-corrected chi connectivity index (χ1v) is 7.98. The Balaban J connectivity index is 0.000000231. The highest BCUT2D eigenvalue weighted by Crippen LogP contribution is 2.17. The molecule has 2 rings (SSSR count). The number of hydrogen-bond donors (Lipinski definition) is 4. The molecule has 1 aromatic rings. The van der Waals surface area contributed by atoms with Crippen molar-refractivity contribution in [2.45, 2.75) is 51.1 Å². The molecule has 0 radical (unpaired) electrons. The lowest BCUT2D eigenvalue weighted by atomic mass is 9.95. The van der Waals surface area contributed by atoms with Gasteiger partial charge in [0.25, 0.3) is 0 Å². The van der Waals surface area contributed by atoms with Crippen molar-refractivity contribution in [2.24, 2.45) is 0 Å². The minimum Gasteiger partial charge on any atom is -0.480 e. The SMILES string of the molecule is CC(NC1CCCCC1)C(=O)O.O=C(O)CNc1ccccc1. The third-order valence-corrected chi connectivity index (χ3v) is 3.68. The Hall–Kier alpha value is -2.08. The van der Waals surface area contributed by atoms with Crippen molar-refractivity contribution in [1.82, 2.24) is 5.32 Å². The van der Waals surface area contributed by atoms with Crippen LogP contribution in [0.4, 0.5) is 5.69 Å². The Kier molecular flexibility index (Phi) is 8.75. The fraction of sp³-hybridized carbons (Fsp3) is 0.529. The van der Waals surface area contributed by atoms with Gasteiger partial charge in [-0.15, -0.1) is 0 Å². The second kappa shape index (κ2) is 10.6. The fourth-order valence-corrected chi connectivity index (χ4v) is 2.43. The average molecular weight is 322 g/mol. The maximum atomic E-state index is 10.5. The molecular formula is C17H26N2O4. The first-order chi connectivity index (χ1) is 11.0. The van der Waals surface area contributed by atoms with Crippen molar-refractivity contribution in [3.05, 3.63) is 30.3 Å². The van der Waals surface area contributed by atoms with E-state index in [1.807, 2.05) is 30.3 Å². The topological polar surface area (TPSA) is 98.7 Å². The summed E-state index contributed by atoms with van der Waals surface area (Å²) in [6, 6.07) is 9.27. The Morgan fingerprint density at radius 2 is 1.74 bits per heavy atom. The van der Waals surface area contributed by atoms with Gasteiger partial charge in [0.15, 0.2) is 0 Å². The minimum atomic E-state index is -0.853. The van der Waals surface area contributed by atoms with Gasteiger partial charge in [0, 0.05) is 11.7 Å². The van der Waals surface area contributed by atoms with Crippen LogP contribution in [-0.4, -0.2) is 40.8 Å². The van der Waals surface area contributed by atoms with Crippen molar-refractivity contribution in [3.8, 4) is 0 Å². The summed E-state index contributed by atoms with van der Waals surface area (Å²) < 4.78 is 0. The number of hydrogen-bond acceptors (Lipinski definition) is 4. The van der Waals surface area contributed by atoms with Gasteiger partial charge in [-0.1, -0.05) is 37.5 Å². The highest BCUT2D eigenvalue weighted by molar-refractivity contribution is 5.73. The molecule has 23 heavy (non-hydrogen) atoms. The van der Waals surface area contributed by atoms with Gasteiger partial charge in [-0.25, -0.2) is 0 Å². The fourth-order valence-electron chi connectivity index (χ4n) is 2.43. The summed E-state index contributed by atoms with van der Waals surface area (Å²) in [6.45, 7) is 1.67. The molecule has 1 unspecified atom stereocenters.